The fourth-order valence-electron chi connectivity index (χ4n) is 2.75. The van der Waals surface area contributed by atoms with Gasteiger partial charge in [0, 0.05) is 17.8 Å². The zero-order chi connectivity index (χ0) is 21.7. The zero-order valence-corrected chi connectivity index (χ0v) is 17.6. The Morgan fingerprint density at radius 3 is 2.43 bits per heavy atom. The molecule has 0 aliphatic carbocycles. The van der Waals surface area contributed by atoms with Crippen molar-refractivity contribution in [3.63, 3.8) is 0 Å². The highest BCUT2D eigenvalue weighted by Gasteiger charge is 2.14. The lowest BCUT2D eigenvalue weighted by Crippen LogP contribution is -2.12. The third-order valence-electron chi connectivity index (χ3n) is 4.30. The lowest BCUT2D eigenvalue weighted by Gasteiger charge is -2.15. The number of sulfonamides is 1. The molecule has 0 saturated carbocycles. The van der Waals surface area contributed by atoms with Crippen molar-refractivity contribution >= 4 is 27.3 Å². The van der Waals surface area contributed by atoms with E-state index in [2.05, 4.69) is 5.32 Å². The lowest BCUT2D eigenvalue weighted by atomic mass is 10.2. The molecule has 158 valence electrons. The van der Waals surface area contributed by atoms with Crippen LogP contribution in [-0.4, -0.2) is 15.5 Å². The summed E-state index contributed by atoms with van der Waals surface area (Å²) in [4.78, 5) is 0.0362. The Kier molecular flexibility index (Phi) is 6.81. The maximum Gasteiger partial charge on any atom is 0.238 e. The smallest absolute Gasteiger partial charge is 0.238 e. The maximum absolute atomic E-state index is 13.8. The second kappa shape index (κ2) is 9.34. The SMILES string of the molecule is COc1cc(CNc2ccc(S(N)(=O)=O)cc2)cc(Cl)c1OCc1ccccc1F. The molecule has 6 nitrogen and oxygen atoms in total. The molecule has 3 rings (SSSR count). The van der Waals surface area contributed by atoms with Crippen molar-refractivity contribution in [2.24, 2.45) is 5.14 Å². The molecule has 0 saturated heterocycles. The number of nitrogens with one attached hydrogen (secondary N) is 1. The van der Waals surface area contributed by atoms with Crippen molar-refractivity contribution in [1.29, 1.82) is 0 Å². The number of hydrogen-bond acceptors (Lipinski definition) is 5. The van der Waals surface area contributed by atoms with Crippen molar-refractivity contribution in [2.45, 2.75) is 18.0 Å². The maximum atomic E-state index is 13.8. The standard InChI is InChI=1S/C21H20ClFN2O4S/c1-28-20-11-14(12-25-16-6-8-17(9-7-16)30(24,26)27)10-18(22)21(20)29-13-15-4-2-3-5-19(15)23/h2-11,25H,12-13H2,1H3,(H2,24,26,27). The van der Waals surface area contributed by atoms with Crippen molar-refractivity contribution in [3.8, 4) is 11.5 Å². The molecule has 0 aliphatic heterocycles. The Morgan fingerprint density at radius 1 is 1.10 bits per heavy atom. The Morgan fingerprint density at radius 2 is 1.80 bits per heavy atom. The largest absolute Gasteiger partial charge is 0.493 e. The van der Waals surface area contributed by atoms with E-state index in [1.165, 1.54) is 25.3 Å². The topological polar surface area (TPSA) is 90.6 Å². The van der Waals surface area contributed by atoms with Crippen LogP contribution in [0.1, 0.15) is 11.1 Å². The number of rotatable bonds is 8. The van der Waals surface area contributed by atoms with Crippen LogP contribution in [0.15, 0.2) is 65.6 Å². The second-order valence-electron chi connectivity index (χ2n) is 6.41. The van der Waals surface area contributed by atoms with E-state index in [0.29, 0.717) is 34.3 Å². The summed E-state index contributed by atoms with van der Waals surface area (Å²) in [5, 5.41) is 8.58. The second-order valence-corrected chi connectivity index (χ2v) is 8.38. The minimum Gasteiger partial charge on any atom is -0.493 e. The summed E-state index contributed by atoms with van der Waals surface area (Å²) in [6, 6.07) is 15.9. The first-order valence-electron chi connectivity index (χ1n) is 8.87. The van der Waals surface area contributed by atoms with Crippen molar-refractivity contribution in [2.75, 3.05) is 12.4 Å². The Labute approximate surface area is 179 Å². The molecule has 0 unspecified atom stereocenters. The molecule has 0 fully saturated rings. The van der Waals surface area contributed by atoms with Gasteiger partial charge >= 0.3 is 0 Å². The van der Waals surface area contributed by atoms with Gasteiger partial charge in [-0.2, -0.15) is 0 Å². The predicted molar refractivity (Wildman–Crippen MR) is 114 cm³/mol. The third-order valence-corrected chi connectivity index (χ3v) is 5.51. The summed E-state index contributed by atoms with van der Waals surface area (Å²) in [5.74, 6) is 0.380. The number of ether oxygens (including phenoxy) is 2. The predicted octanol–water partition coefficient (Wildman–Crippen LogP) is 4.33. The highest BCUT2D eigenvalue weighted by molar-refractivity contribution is 7.89. The molecular formula is C21H20ClFN2O4S. The number of halogens is 2. The summed E-state index contributed by atoms with van der Waals surface area (Å²) >= 11 is 6.36. The molecule has 9 heteroatoms. The molecule has 0 radical (unpaired) electrons. The van der Waals surface area contributed by atoms with E-state index in [4.69, 9.17) is 26.2 Å². The first kappa shape index (κ1) is 21.9. The molecular weight excluding hydrogens is 431 g/mol. The molecule has 0 atom stereocenters. The van der Waals surface area contributed by atoms with Crippen LogP contribution in [0.4, 0.5) is 10.1 Å². The van der Waals surface area contributed by atoms with Crippen LogP contribution in [0.5, 0.6) is 11.5 Å². The van der Waals surface area contributed by atoms with E-state index < -0.39 is 10.0 Å². The van der Waals surface area contributed by atoms with Crippen LogP contribution in [-0.2, 0) is 23.2 Å². The number of primary sulfonamides is 1. The fourth-order valence-corrected chi connectivity index (χ4v) is 3.55. The Balaban J connectivity index is 1.71. The minimum absolute atomic E-state index is 0.0107. The Hall–Kier alpha value is -2.81. The van der Waals surface area contributed by atoms with Crippen molar-refractivity contribution < 1.29 is 22.3 Å². The summed E-state index contributed by atoms with van der Waals surface area (Å²) in [6.45, 7) is 0.412. The van der Waals surface area contributed by atoms with Crippen molar-refractivity contribution in [1.82, 2.24) is 0 Å². The zero-order valence-electron chi connectivity index (χ0n) is 16.1. The summed E-state index contributed by atoms with van der Waals surface area (Å²) in [5.41, 5.74) is 1.92. The van der Waals surface area contributed by atoms with Gasteiger partial charge in [-0.1, -0.05) is 29.8 Å². The van der Waals surface area contributed by atoms with Gasteiger partial charge < -0.3 is 14.8 Å². The number of methoxy groups -OCH3 is 1. The number of hydrogen-bond donors (Lipinski definition) is 2. The minimum atomic E-state index is -3.73. The summed E-state index contributed by atoms with van der Waals surface area (Å²) in [6.07, 6.45) is 0. The van der Waals surface area contributed by atoms with E-state index in [0.717, 1.165) is 5.56 Å². The lowest BCUT2D eigenvalue weighted by molar-refractivity contribution is 0.280. The van der Waals surface area contributed by atoms with Crippen LogP contribution in [0.2, 0.25) is 5.02 Å². The van der Waals surface area contributed by atoms with E-state index in [9.17, 15) is 12.8 Å². The van der Waals surface area contributed by atoms with Gasteiger partial charge in [0.2, 0.25) is 10.0 Å². The van der Waals surface area contributed by atoms with Crippen LogP contribution in [0.25, 0.3) is 0 Å². The van der Waals surface area contributed by atoms with Crippen molar-refractivity contribution in [3.05, 3.63) is 82.6 Å². The number of anilines is 1. The Bertz CT molecular complexity index is 1140. The van der Waals surface area contributed by atoms with Gasteiger partial charge in [0.1, 0.15) is 12.4 Å². The average Bonchev–Trinajstić information content (AvgIpc) is 2.72. The van der Waals surface area contributed by atoms with E-state index in [1.54, 1.807) is 42.5 Å². The van der Waals surface area contributed by atoms with Gasteiger partial charge in [0.25, 0.3) is 0 Å². The quantitative estimate of drug-likeness (QED) is 0.533. The molecule has 3 aromatic carbocycles. The van der Waals surface area contributed by atoms with Gasteiger partial charge in [0.05, 0.1) is 17.0 Å². The van der Waals surface area contributed by atoms with E-state index in [-0.39, 0.29) is 17.3 Å². The molecule has 3 aromatic rings. The van der Waals surface area contributed by atoms with Crippen LogP contribution in [0, 0.1) is 5.82 Å². The normalized spacial score (nSPS) is 11.2. The monoisotopic (exact) mass is 450 g/mol. The third kappa shape index (κ3) is 5.41. The molecule has 0 aliphatic rings. The van der Waals surface area contributed by atoms with E-state index >= 15 is 0 Å². The van der Waals surface area contributed by atoms with Gasteiger partial charge in [-0.15, -0.1) is 0 Å². The molecule has 0 aromatic heterocycles. The van der Waals surface area contributed by atoms with Crippen LogP contribution in [0.3, 0.4) is 0 Å². The first-order chi connectivity index (χ1) is 14.3. The highest BCUT2D eigenvalue weighted by Crippen LogP contribution is 2.37. The number of benzene rings is 3. The molecule has 0 heterocycles. The van der Waals surface area contributed by atoms with E-state index in [1.807, 2.05) is 0 Å². The van der Waals surface area contributed by atoms with Crippen LogP contribution >= 0.6 is 11.6 Å². The summed E-state index contributed by atoms with van der Waals surface area (Å²) < 4.78 is 47.5. The molecule has 30 heavy (non-hydrogen) atoms. The molecule has 3 N–H and O–H groups in total. The molecule has 0 spiro atoms. The van der Waals surface area contributed by atoms with Gasteiger partial charge in [-0.25, -0.2) is 17.9 Å². The molecule has 0 bridgehead atoms. The average molecular weight is 451 g/mol. The van der Waals surface area contributed by atoms with Crippen LogP contribution < -0.4 is 19.9 Å². The van der Waals surface area contributed by atoms with Gasteiger partial charge in [-0.3, -0.25) is 0 Å². The van der Waals surface area contributed by atoms with Gasteiger partial charge in [0.15, 0.2) is 11.5 Å². The van der Waals surface area contributed by atoms with Gasteiger partial charge in [-0.05, 0) is 48.0 Å². The molecule has 0 amide bonds. The fraction of sp³-hybridized carbons (Fsp3) is 0.143. The highest BCUT2D eigenvalue weighted by atomic mass is 35.5. The number of nitrogens with two attached hydrogens (primary N) is 1. The summed E-state index contributed by atoms with van der Waals surface area (Å²) in [7, 11) is -2.24. The first-order valence-corrected chi connectivity index (χ1v) is 10.8.